The first kappa shape index (κ1) is 24.4. The van der Waals surface area contributed by atoms with Gasteiger partial charge in [-0.25, -0.2) is 16.8 Å². The van der Waals surface area contributed by atoms with E-state index in [0.29, 0.717) is 0 Å². The molecule has 1 saturated heterocycles. The molecule has 0 saturated carbocycles. The average Bonchev–Trinajstić information content (AvgIpc) is 2.78. The van der Waals surface area contributed by atoms with Crippen molar-refractivity contribution < 1.29 is 40.7 Å². The number of benzene rings is 2. The number of esters is 2. The topological polar surface area (TPSA) is 150 Å². The van der Waals surface area contributed by atoms with Gasteiger partial charge in [-0.05, 0) is 17.7 Å². The first-order valence-corrected chi connectivity index (χ1v) is 12.8. The molecule has 0 bridgehead atoms. The van der Waals surface area contributed by atoms with Crippen LogP contribution in [-0.4, -0.2) is 64.0 Å². The smallest absolute Gasteiger partial charge is 0.324 e. The number of nitrogens with one attached hydrogen (secondary N) is 1. The Hall–Kier alpha value is -3.25. The van der Waals surface area contributed by atoms with Crippen LogP contribution >= 0.6 is 0 Å². The van der Waals surface area contributed by atoms with Crippen LogP contribution in [0.3, 0.4) is 0 Å². The van der Waals surface area contributed by atoms with E-state index in [1.165, 1.54) is 36.4 Å². The van der Waals surface area contributed by atoms with Gasteiger partial charge in [0.2, 0.25) is 4.58 Å². The van der Waals surface area contributed by atoms with E-state index < -0.39 is 58.5 Å². The molecule has 0 aromatic heterocycles. The number of anilines is 1. The van der Waals surface area contributed by atoms with E-state index in [1.54, 1.807) is 24.3 Å². The molecule has 12 heteroatoms. The molecule has 1 amide bonds. The molecule has 176 valence electrons. The molecule has 1 N–H and O–H groups in total. The standard InChI is InChI=1S/C21H21NO9S2/c1-30-19(24)16-15(13-9-5-3-6-10-13)17(20(25)31-2)33(28,29)21(32(16,26)27)18(23)22-14-11-7-4-8-12-14/h3-12,15-17,21H,1-2H3,(H,22,23). The van der Waals surface area contributed by atoms with Crippen LogP contribution in [0.15, 0.2) is 60.7 Å². The van der Waals surface area contributed by atoms with Crippen LogP contribution in [0, 0.1) is 0 Å². The number of hydrogen-bond donors (Lipinski definition) is 1. The average molecular weight is 496 g/mol. The SMILES string of the molecule is COC(=O)C1C(c2ccccc2)C(C(=O)OC)S(=O)(=O)C(C(=O)Nc2ccccc2)S1(=O)=O. The van der Waals surface area contributed by atoms with Crippen molar-refractivity contribution in [3.63, 3.8) is 0 Å². The molecule has 1 heterocycles. The molecule has 2 atom stereocenters. The quantitative estimate of drug-likeness (QED) is 0.590. The van der Waals surface area contributed by atoms with Crippen molar-refractivity contribution in [3.8, 4) is 0 Å². The summed E-state index contributed by atoms with van der Waals surface area (Å²) in [5, 5.41) is -2.07. The minimum Gasteiger partial charge on any atom is -0.468 e. The van der Waals surface area contributed by atoms with Gasteiger partial charge in [0.1, 0.15) is 0 Å². The number of rotatable bonds is 5. The van der Waals surface area contributed by atoms with E-state index in [1.807, 2.05) is 0 Å². The van der Waals surface area contributed by atoms with E-state index >= 15 is 0 Å². The molecule has 2 aromatic carbocycles. The molecule has 0 aliphatic carbocycles. The summed E-state index contributed by atoms with van der Waals surface area (Å²) in [6, 6.07) is 14.9. The summed E-state index contributed by atoms with van der Waals surface area (Å²) in [4.78, 5) is 38.3. The summed E-state index contributed by atoms with van der Waals surface area (Å²) in [6.07, 6.45) is 0. The highest BCUT2D eigenvalue weighted by Crippen LogP contribution is 2.42. The van der Waals surface area contributed by atoms with Gasteiger partial charge >= 0.3 is 11.9 Å². The minimum absolute atomic E-state index is 0.0809. The predicted octanol–water partition coefficient (Wildman–Crippen LogP) is 0.661. The van der Waals surface area contributed by atoms with E-state index in [4.69, 9.17) is 0 Å². The highest BCUT2D eigenvalue weighted by atomic mass is 32.3. The van der Waals surface area contributed by atoms with Crippen LogP contribution in [0.25, 0.3) is 0 Å². The number of para-hydroxylation sites is 1. The van der Waals surface area contributed by atoms with Crippen molar-refractivity contribution >= 4 is 43.2 Å². The molecule has 2 unspecified atom stereocenters. The molecule has 2 aromatic rings. The van der Waals surface area contributed by atoms with Crippen molar-refractivity contribution in [2.24, 2.45) is 0 Å². The maximum atomic E-state index is 13.5. The molecule has 0 spiro atoms. The third-order valence-electron chi connectivity index (χ3n) is 5.26. The molecule has 1 aliphatic heterocycles. The number of methoxy groups -OCH3 is 2. The predicted molar refractivity (Wildman–Crippen MR) is 117 cm³/mol. The van der Waals surface area contributed by atoms with Gasteiger partial charge in [-0.3, -0.25) is 14.4 Å². The number of hydrogen-bond acceptors (Lipinski definition) is 9. The monoisotopic (exact) mass is 495 g/mol. The lowest BCUT2D eigenvalue weighted by Gasteiger charge is -2.38. The Morgan fingerprint density at radius 1 is 0.727 bits per heavy atom. The summed E-state index contributed by atoms with van der Waals surface area (Å²) in [5.41, 5.74) is 0.208. The van der Waals surface area contributed by atoms with Crippen molar-refractivity contribution in [1.29, 1.82) is 0 Å². The van der Waals surface area contributed by atoms with Crippen LogP contribution in [-0.2, 0) is 43.5 Å². The molecular weight excluding hydrogens is 474 g/mol. The molecule has 1 aliphatic rings. The van der Waals surface area contributed by atoms with Gasteiger partial charge in [0.25, 0.3) is 5.91 Å². The molecule has 1 fully saturated rings. The fourth-order valence-corrected chi connectivity index (χ4v) is 9.60. The second kappa shape index (κ2) is 9.32. The lowest BCUT2D eigenvalue weighted by Crippen LogP contribution is -2.62. The van der Waals surface area contributed by atoms with Gasteiger partial charge in [-0.15, -0.1) is 0 Å². The van der Waals surface area contributed by atoms with Crippen molar-refractivity contribution in [2.45, 2.75) is 21.0 Å². The minimum atomic E-state index is -5.06. The number of amides is 1. The van der Waals surface area contributed by atoms with Crippen LogP contribution in [0.1, 0.15) is 11.5 Å². The number of ether oxygens (including phenoxy) is 2. The van der Waals surface area contributed by atoms with Gasteiger partial charge in [0.05, 0.1) is 14.2 Å². The largest absolute Gasteiger partial charge is 0.468 e. The molecule has 10 nitrogen and oxygen atoms in total. The molecule has 33 heavy (non-hydrogen) atoms. The molecule has 3 rings (SSSR count). The Kier molecular flexibility index (Phi) is 6.89. The molecular formula is C21H21NO9S2. The molecule has 0 radical (unpaired) electrons. The van der Waals surface area contributed by atoms with Gasteiger partial charge in [0.15, 0.2) is 30.2 Å². The fourth-order valence-electron chi connectivity index (χ4n) is 3.86. The van der Waals surface area contributed by atoms with Gasteiger partial charge < -0.3 is 14.8 Å². The Morgan fingerprint density at radius 2 is 1.15 bits per heavy atom. The third kappa shape index (κ3) is 4.35. The third-order valence-corrected chi connectivity index (χ3v) is 10.9. The number of carbonyl (C=O) groups excluding carboxylic acids is 3. The van der Waals surface area contributed by atoms with Gasteiger partial charge in [-0.2, -0.15) is 0 Å². The first-order chi connectivity index (χ1) is 15.6. The van der Waals surface area contributed by atoms with Crippen LogP contribution in [0.5, 0.6) is 0 Å². The summed E-state index contributed by atoms with van der Waals surface area (Å²) in [7, 11) is -8.26. The van der Waals surface area contributed by atoms with Gasteiger partial charge in [-0.1, -0.05) is 48.5 Å². The first-order valence-electron chi connectivity index (χ1n) is 9.59. The highest BCUT2D eigenvalue weighted by Gasteiger charge is 2.66. The normalized spacial score (nSPS) is 25.4. The van der Waals surface area contributed by atoms with Crippen molar-refractivity contribution in [2.75, 3.05) is 19.5 Å². The lowest BCUT2D eigenvalue weighted by molar-refractivity contribution is -0.142. The summed E-state index contributed by atoms with van der Waals surface area (Å²) >= 11 is 0. The van der Waals surface area contributed by atoms with Crippen LogP contribution < -0.4 is 5.32 Å². The maximum absolute atomic E-state index is 13.5. The Morgan fingerprint density at radius 3 is 1.58 bits per heavy atom. The second-order valence-corrected chi connectivity index (χ2v) is 11.8. The highest BCUT2D eigenvalue weighted by molar-refractivity contribution is 8.12. The summed E-state index contributed by atoms with van der Waals surface area (Å²) in [5.74, 6) is -5.72. The fraction of sp³-hybridized carbons (Fsp3) is 0.286. The van der Waals surface area contributed by atoms with Crippen molar-refractivity contribution in [3.05, 3.63) is 66.2 Å². The zero-order valence-electron chi connectivity index (χ0n) is 17.6. The maximum Gasteiger partial charge on any atom is 0.324 e. The lowest BCUT2D eigenvalue weighted by atomic mass is 9.91. The van der Waals surface area contributed by atoms with E-state index in [0.717, 1.165) is 14.2 Å². The second-order valence-electron chi connectivity index (χ2n) is 7.19. The van der Waals surface area contributed by atoms with Crippen molar-refractivity contribution in [1.82, 2.24) is 0 Å². The Labute approximate surface area is 190 Å². The van der Waals surface area contributed by atoms with Gasteiger partial charge in [0, 0.05) is 11.6 Å². The summed E-state index contributed by atoms with van der Waals surface area (Å²) < 4.78 is 60.6. The Bertz CT molecular complexity index is 1210. The van der Waals surface area contributed by atoms with E-state index in [9.17, 15) is 31.2 Å². The summed E-state index contributed by atoms with van der Waals surface area (Å²) in [6.45, 7) is 0. The van der Waals surface area contributed by atoms with Crippen LogP contribution in [0.4, 0.5) is 5.69 Å². The number of carbonyl (C=O) groups is 3. The van der Waals surface area contributed by atoms with E-state index in [2.05, 4.69) is 14.8 Å². The zero-order valence-corrected chi connectivity index (χ0v) is 19.2. The zero-order chi connectivity index (χ0) is 24.4. The number of sulfone groups is 2. The van der Waals surface area contributed by atoms with E-state index in [-0.39, 0.29) is 11.3 Å². The Balaban J connectivity index is 2.26. The van der Waals surface area contributed by atoms with Crippen LogP contribution in [0.2, 0.25) is 0 Å².